The molecule has 0 spiro atoms. The van der Waals surface area contributed by atoms with Crippen LogP contribution in [0.1, 0.15) is 43.2 Å². The molecule has 1 aliphatic carbocycles. The number of hydrogen-bond acceptors (Lipinski definition) is 3. The Morgan fingerprint density at radius 1 is 1.07 bits per heavy atom. The van der Waals surface area contributed by atoms with Gasteiger partial charge in [0, 0.05) is 40.6 Å². The molecule has 2 aromatic carbocycles. The van der Waals surface area contributed by atoms with Crippen LogP contribution in [0, 0.1) is 6.92 Å². The van der Waals surface area contributed by atoms with Crippen LogP contribution in [-0.4, -0.2) is 11.7 Å². The molecular weight excluding hydrogens is 419 g/mol. The van der Waals surface area contributed by atoms with E-state index in [-0.39, 0.29) is 11.7 Å². The van der Waals surface area contributed by atoms with Gasteiger partial charge in [0.05, 0.1) is 10.0 Å². The standard InChI is InChI=1S/C24H22Cl2N2O2/c1-13-7-3-4-10-17(13)28-24(30)20-14(2)27-18-11-6-12-19(29)22(18)21(20)15-8-5-9-16(25)23(15)26/h3-5,7-10,21,27H,6,11-12H2,1-2H3,(H,28,30)/t21-/m1/s1. The lowest BCUT2D eigenvalue weighted by atomic mass is 9.75. The molecule has 1 amide bonds. The van der Waals surface area contributed by atoms with Crippen LogP contribution in [0.15, 0.2) is 65.0 Å². The van der Waals surface area contributed by atoms with E-state index in [4.69, 9.17) is 23.2 Å². The SMILES string of the molecule is CC1=C(C(=O)Nc2ccccc2C)[C@@H](c2cccc(Cl)c2Cl)C2=C(CCCC2=O)N1. The van der Waals surface area contributed by atoms with Crippen LogP contribution in [0.3, 0.4) is 0 Å². The van der Waals surface area contributed by atoms with Crippen molar-refractivity contribution in [1.82, 2.24) is 5.32 Å². The predicted molar refractivity (Wildman–Crippen MR) is 121 cm³/mol. The zero-order valence-corrected chi connectivity index (χ0v) is 18.3. The third-order valence-corrected chi connectivity index (χ3v) is 6.54. The number of para-hydroxylation sites is 1. The number of Topliss-reactive ketones (excluding diaryl/α,β-unsaturated/α-hetero) is 1. The monoisotopic (exact) mass is 440 g/mol. The summed E-state index contributed by atoms with van der Waals surface area (Å²) in [5, 5.41) is 7.09. The molecule has 1 aliphatic heterocycles. The van der Waals surface area contributed by atoms with Gasteiger partial charge in [0.15, 0.2) is 5.78 Å². The zero-order chi connectivity index (χ0) is 21.4. The number of nitrogens with one attached hydrogen (secondary N) is 2. The second-order valence-electron chi connectivity index (χ2n) is 7.68. The fraction of sp³-hybridized carbons (Fsp3) is 0.250. The van der Waals surface area contributed by atoms with Gasteiger partial charge in [-0.3, -0.25) is 9.59 Å². The van der Waals surface area contributed by atoms with Gasteiger partial charge in [-0.05, 0) is 49.9 Å². The molecule has 0 radical (unpaired) electrons. The lowest BCUT2D eigenvalue weighted by molar-refractivity contribution is -0.116. The maximum absolute atomic E-state index is 13.5. The molecule has 30 heavy (non-hydrogen) atoms. The highest BCUT2D eigenvalue weighted by Gasteiger charge is 2.39. The average molecular weight is 441 g/mol. The number of benzene rings is 2. The molecule has 2 N–H and O–H groups in total. The van der Waals surface area contributed by atoms with Gasteiger partial charge in [-0.15, -0.1) is 0 Å². The number of amides is 1. The number of allylic oxidation sites excluding steroid dienone is 3. The van der Waals surface area contributed by atoms with Gasteiger partial charge in [-0.25, -0.2) is 0 Å². The van der Waals surface area contributed by atoms with E-state index in [0.717, 1.165) is 35.5 Å². The van der Waals surface area contributed by atoms with Crippen molar-refractivity contribution in [3.8, 4) is 0 Å². The fourth-order valence-electron chi connectivity index (χ4n) is 4.24. The van der Waals surface area contributed by atoms with Crippen molar-refractivity contribution in [3.05, 3.63) is 86.2 Å². The minimum absolute atomic E-state index is 0.0403. The van der Waals surface area contributed by atoms with E-state index in [9.17, 15) is 9.59 Å². The number of anilines is 1. The van der Waals surface area contributed by atoms with E-state index in [0.29, 0.717) is 33.2 Å². The molecule has 2 aromatic rings. The maximum Gasteiger partial charge on any atom is 0.254 e. The summed E-state index contributed by atoms with van der Waals surface area (Å²) in [4.78, 5) is 26.4. The Kier molecular flexibility index (Phi) is 5.72. The van der Waals surface area contributed by atoms with Gasteiger partial charge in [0.2, 0.25) is 0 Å². The largest absolute Gasteiger partial charge is 0.362 e. The summed E-state index contributed by atoms with van der Waals surface area (Å²) in [6, 6.07) is 12.9. The van der Waals surface area contributed by atoms with E-state index in [1.54, 1.807) is 12.1 Å². The van der Waals surface area contributed by atoms with E-state index < -0.39 is 5.92 Å². The van der Waals surface area contributed by atoms with Crippen molar-refractivity contribution in [2.24, 2.45) is 0 Å². The van der Waals surface area contributed by atoms with E-state index in [2.05, 4.69) is 10.6 Å². The summed E-state index contributed by atoms with van der Waals surface area (Å²) in [5.41, 5.74) is 5.05. The highest BCUT2D eigenvalue weighted by molar-refractivity contribution is 6.42. The fourth-order valence-corrected chi connectivity index (χ4v) is 4.66. The molecule has 0 saturated carbocycles. The first-order valence-corrected chi connectivity index (χ1v) is 10.7. The Balaban J connectivity index is 1.85. The van der Waals surface area contributed by atoms with Crippen LogP contribution in [0.5, 0.6) is 0 Å². The number of carbonyl (C=O) groups excluding carboxylic acids is 2. The van der Waals surface area contributed by atoms with Gasteiger partial charge >= 0.3 is 0 Å². The number of dihydropyridines is 1. The van der Waals surface area contributed by atoms with Gasteiger partial charge in [0.1, 0.15) is 0 Å². The highest BCUT2D eigenvalue weighted by atomic mass is 35.5. The highest BCUT2D eigenvalue weighted by Crippen LogP contribution is 2.45. The van der Waals surface area contributed by atoms with Crippen molar-refractivity contribution >= 4 is 40.6 Å². The number of aryl methyl sites for hydroxylation is 1. The summed E-state index contributed by atoms with van der Waals surface area (Å²) in [7, 11) is 0. The van der Waals surface area contributed by atoms with Crippen molar-refractivity contribution in [3.63, 3.8) is 0 Å². The van der Waals surface area contributed by atoms with Crippen LogP contribution in [-0.2, 0) is 9.59 Å². The summed E-state index contributed by atoms with van der Waals surface area (Å²) in [6.45, 7) is 3.80. The van der Waals surface area contributed by atoms with Gasteiger partial charge in [-0.1, -0.05) is 53.5 Å². The molecule has 0 bridgehead atoms. The van der Waals surface area contributed by atoms with E-state index in [1.165, 1.54) is 0 Å². The van der Waals surface area contributed by atoms with Gasteiger partial charge < -0.3 is 10.6 Å². The average Bonchev–Trinajstić information content (AvgIpc) is 2.71. The summed E-state index contributed by atoms with van der Waals surface area (Å²) in [5.74, 6) is -0.789. The summed E-state index contributed by atoms with van der Waals surface area (Å²) < 4.78 is 0. The summed E-state index contributed by atoms with van der Waals surface area (Å²) in [6.07, 6.45) is 2.01. The Labute approximate surface area is 186 Å². The molecule has 6 heteroatoms. The Bertz CT molecular complexity index is 1120. The molecule has 0 unspecified atom stereocenters. The van der Waals surface area contributed by atoms with E-state index >= 15 is 0 Å². The molecular formula is C24H22Cl2N2O2. The van der Waals surface area contributed by atoms with Gasteiger partial charge in [0.25, 0.3) is 5.91 Å². The molecule has 1 heterocycles. The molecule has 4 nitrogen and oxygen atoms in total. The van der Waals surface area contributed by atoms with Crippen LogP contribution in [0.2, 0.25) is 10.0 Å². The first-order valence-electron chi connectivity index (χ1n) is 9.93. The molecule has 0 saturated heterocycles. The molecule has 0 fully saturated rings. The van der Waals surface area contributed by atoms with Crippen molar-refractivity contribution < 1.29 is 9.59 Å². The van der Waals surface area contributed by atoms with Crippen molar-refractivity contribution in [2.75, 3.05) is 5.32 Å². The Morgan fingerprint density at radius 2 is 1.83 bits per heavy atom. The quantitative estimate of drug-likeness (QED) is 0.623. The smallest absolute Gasteiger partial charge is 0.254 e. The topological polar surface area (TPSA) is 58.2 Å². The Hall–Kier alpha value is -2.56. The van der Waals surface area contributed by atoms with Crippen LogP contribution >= 0.6 is 23.2 Å². The number of hydrogen-bond donors (Lipinski definition) is 2. The Morgan fingerprint density at radius 3 is 2.60 bits per heavy atom. The zero-order valence-electron chi connectivity index (χ0n) is 16.8. The maximum atomic E-state index is 13.5. The first kappa shape index (κ1) is 20.7. The second-order valence-corrected chi connectivity index (χ2v) is 8.46. The lowest BCUT2D eigenvalue weighted by Gasteiger charge is -2.35. The minimum Gasteiger partial charge on any atom is -0.362 e. The van der Waals surface area contributed by atoms with Gasteiger partial charge in [-0.2, -0.15) is 0 Å². The van der Waals surface area contributed by atoms with Crippen LogP contribution in [0.25, 0.3) is 0 Å². The van der Waals surface area contributed by atoms with Crippen LogP contribution < -0.4 is 10.6 Å². The number of rotatable bonds is 3. The molecule has 154 valence electrons. The third-order valence-electron chi connectivity index (χ3n) is 5.71. The third kappa shape index (κ3) is 3.66. The molecule has 2 aliphatic rings. The first-order chi connectivity index (χ1) is 14.4. The number of halogens is 2. The molecule has 0 aromatic heterocycles. The van der Waals surface area contributed by atoms with Crippen molar-refractivity contribution in [2.45, 2.75) is 39.0 Å². The minimum atomic E-state index is -0.565. The number of carbonyl (C=O) groups is 2. The van der Waals surface area contributed by atoms with Crippen LogP contribution in [0.4, 0.5) is 5.69 Å². The summed E-state index contributed by atoms with van der Waals surface area (Å²) >= 11 is 12.9. The number of ketones is 1. The van der Waals surface area contributed by atoms with E-state index in [1.807, 2.05) is 44.2 Å². The predicted octanol–water partition coefficient (Wildman–Crippen LogP) is 5.91. The lowest BCUT2D eigenvalue weighted by Crippen LogP contribution is -2.35. The second kappa shape index (κ2) is 8.29. The molecule has 1 atom stereocenters. The van der Waals surface area contributed by atoms with Crippen molar-refractivity contribution in [1.29, 1.82) is 0 Å². The molecule has 4 rings (SSSR count). The normalized spacial score (nSPS) is 18.8.